The fourth-order valence-corrected chi connectivity index (χ4v) is 3.58. The van der Waals surface area contributed by atoms with Gasteiger partial charge in [0.05, 0.1) is 7.11 Å². The zero-order valence-corrected chi connectivity index (χ0v) is 14.6. The molecule has 0 spiro atoms. The first-order chi connectivity index (χ1) is 10.0. The molecule has 3 atom stereocenters. The van der Waals surface area contributed by atoms with Crippen LogP contribution < -0.4 is 5.32 Å². The molecule has 0 bridgehead atoms. The minimum absolute atomic E-state index is 0.103. The number of nitrogens with one attached hydrogen (secondary N) is 1. The van der Waals surface area contributed by atoms with Gasteiger partial charge in [-0.05, 0) is 59.0 Å². The van der Waals surface area contributed by atoms with E-state index in [1.807, 2.05) is 7.05 Å². The molecule has 4 nitrogen and oxygen atoms in total. The van der Waals surface area contributed by atoms with Crippen molar-refractivity contribution in [3.8, 4) is 0 Å². The van der Waals surface area contributed by atoms with Gasteiger partial charge in [0.25, 0.3) is 0 Å². The number of unbranched alkanes of at least 4 members (excludes halogenated alkanes) is 1. The van der Waals surface area contributed by atoms with Crippen LogP contribution >= 0.6 is 0 Å². The van der Waals surface area contributed by atoms with Crippen molar-refractivity contribution in [2.45, 2.75) is 83.3 Å². The average molecular weight is 298 g/mol. The molecule has 4 heteroatoms. The molecule has 0 aromatic heterocycles. The molecule has 1 rings (SSSR count). The Morgan fingerprint density at radius 2 is 2.19 bits per heavy atom. The van der Waals surface area contributed by atoms with Crippen molar-refractivity contribution >= 4 is 5.97 Å². The van der Waals surface area contributed by atoms with Crippen molar-refractivity contribution in [2.75, 3.05) is 20.7 Å². The molecule has 1 aliphatic carbocycles. The molecular formula is C17H34N2O2. The third-order valence-electron chi connectivity index (χ3n) is 5.18. The SMILES string of the molecule is CCCCN(C(C)CC)C1CCCC(NC)(C(=O)OC)C1. The highest BCUT2D eigenvalue weighted by Crippen LogP contribution is 2.33. The van der Waals surface area contributed by atoms with Gasteiger partial charge in [0.1, 0.15) is 5.54 Å². The van der Waals surface area contributed by atoms with Crippen LogP contribution in [0.4, 0.5) is 0 Å². The Morgan fingerprint density at radius 3 is 2.71 bits per heavy atom. The number of likely N-dealkylation sites (N-methyl/N-ethyl adjacent to an activating group) is 1. The van der Waals surface area contributed by atoms with E-state index < -0.39 is 5.54 Å². The number of esters is 1. The molecule has 0 aliphatic heterocycles. The largest absolute Gasteiger partial charge is 0.468 e. The van der Waals surface area contributed by atoms with Crippen molar-refractivity contribution in [3.63, 3.8) is 0 Å². The second kappa shape index (κ2) is 8.74. The molecular weight excluding hydrogens is 264 g/mol. The summed E-state index contributed by atoms with van der Waals surface area (Å²) in [6.45, 7) is 7.93. The molecule has 1 N–H and O–H groups in total. The van der Waals surface area contributed by atoms with E-state index in [-0.39, 0.29) is 5.97 Å². The summed E-state index contributed by atoms with van der Waals surface area (Å²) >= 11 is 0. The zero-order valence-electron chi connectivity index (χ0n) is 14.6. The van der Waals surface area contributed by atoms with Crippen LogP contribution in [0.15, 0.2) is 0 Å². The van der Waals surface area contributed by atoms with E-state index in [2.05, 4.69) is 31.0 Å². The van der Waals surface area contributed by atoms with Gasteiger partial charge in [-0.3, -0.25) is 9.69 Å². The first-order valence-corrected chi connectivity index (χ1v) is 8.57. The van der Waals surface area contributed by atoms with Crippen molar-refractivity contribution < 1.29 is 9.53 Å². The van der Waals surface area contributed by atoms with Gasteiger partial charge in [0.2, 0.25) is 0 Å². The summed E-state index contributed by atoms with van der Waals surface area (Å²) < 4.78 is 5.06. The second-order valence-electron chi connectivity index (χ2n) is 6.42. The maximum absolute atomic E-state index is 12.2. The van der Waals surface area contributed by atoms with E-state index >= 15 is 0 Å². The predicted octanol–water partition coefficient (Wildman–Crippen LogP) is 2.96. The van der Waals surface area contributed by atoms with Gasteiger partial charge in [-0.15, -0.1) is 0 Å². The summed E-state index contributed by atoms with van der Waals surface area (Å²) in [6, 6.07) is 1.05. The average Bonchev–Trinajstić information content (AvgIpc) is 2.54. The lowest BCUT2D eigenvalue weighted by atomic mass is 9.78. The number of nitrogens with zero attached hydrogens (tertiary/aromatic N) is 1. The molecule has 1 aliphatic rings. The first kappa shape index (κ1) is 18.4. The van der Waals surface area contributed by atoms with Crippen LogP contribution in [-0.4, -0.2) is 49.2 Å². The summed E-state index contributed by atoms with van der Waals surface area (Å²) in [6.07, 6.45) is 7.62. The van der Waals surface area contributed by atoms with E-state index in [0.29, 0.717) is 12.1 Å². The maximum Gasteiger partial charge on any atom is 0.326 e. The number of ether oxygens (including phenoxy) is 1. The van der Waals surface area contributed by atoms with E-state index in [1.165, 1.54) is 26.4 Å². The molecule has 1 saturated carbocycles. The summed E-state index contributed by atoms with van der Waals surface area (Å²) in [5, 5.41) is 3.26. The van der Waals surface area contributed by atoms with Gasteiger partial charge in [-0.2, -0.15) is 0 Å². The van der Waals surface area contributed by atoms with Gasteiger partial charge in [-0.1, -0.05) is 20.3 Å². The molecule has 21 heavy (non-hydrogen) atoms. The third kappa shape index (κ3) is 4.43. The van der Waals surface area contributed by atoms with Gasteiger partial charge >= 0.3 is 5.97 Å². The van der Waals surface area contributed by atoms with Crippen LogP contribution in [0.5, 0.6) is 0 Å². The lowest BCUT2D eigenvalue weighted by Crippen LogP contribution is -2.58. The standard InChI is InChI=1S/C17H34N2O2/c1-6-8-12-19(14(3)7-2)15-10-9-11-17(13-15,18-4)16(20)21-5/h14-15,18H,6-13H2,1-5H3. The van der Waals surface area contributed by atoms with Gasteiger partial charge in [0.15, 0.2) is 0 Å². The lowest BCUT2D eigenvalue weighted by Gasteiger charge is -2.45. The Labute approximate surface area is 130 Å². The topological polar surface area (TPSA) is 41.6 Å². The number of hydrogen-bond donors (Lipinski definition) is 1. The van der Waals surface area contributed by atoms with Crippen molar-refractivity contribution in [1.29, 1.82) is 0 Å². The van der Waals surface area contributed by atoms with Crippen LogP contribution in [0, 0.1) is 0 Å². The first-order valence-electron chi connectivity index (χ1n) is 8.57. The maximum atomic E-state index is 12.2. The van der Waals surface area contributed by atoms with E-state index in [9.17, 15) is 4.79 Å². The highest BCUT2D eigenvalue weighted by Gasteiger charge is 2.44. The monoisotopic (exact) mass is 298 g/mol. The molecule has 0 heterocycles. The highest BCUT2D eigenvalue weighted by atomic mass is 16.5. The van der Waals surface area contributed by atoms with Crippen LogP contribution in [-0.2, 0) is 9.53 Å². The van der Waals surface area contributed by atoms with Crippen molar-refractivity contribution in [1.82, 2.24) is 10.2 Å². The summed E-state index contributed by atoms with van der Waals surface area (Å²) in [4.78, 5) is 14.9. The number of hydrogen-bond acceptors (Lipinski definition) is 4. The Morgan fingerprint density at radius 1 is 1.48 bits per heavy atom. The van der Waals surface area contributed by atoms with E-state index in [0.717, 1.165) is 32.2 Å². The van der Waals surface area contributed by atoms with Gasteiger partial charge in [0, 0.05) is 12.1 Å². The molecule has 0 amide bonds. The highest BCUT2D eigenvalue weighted by molar-refractivity contribution is 5.81. The summed E-state index contributed by atoms with van der Waals surface area (Å²) in [5.41, 5.74) is -0.490. The number of methoxy groups -OCH3 is 1. The molecule has 1 fully saturated rings. The van der Waals surface area contributed by atoms with Gasteiger partial charge in [-0.25, -0.2) is 0 Å². The van der Waals surface area contributed by atoms with Gasteiger partial charge < -0.3 is 10.1 Å². The number of rotatable bonds is 8. The smallest absolute Gasteiger partial charge is 0.326 e. The molecule has 0 aromatic rings. The van der Waals surface area contributed by atoms with E-state index in [1.54, 1.807) is 0 Å². The third-order valence-corrected chi connectivity index (χ3v) is 5.18. The van der Waals surface area contributed by atoms with Crippen molar-refractivity contribution in [3.05, 3.63) is 0 Å². The molecule has 0 radical (unpaired) electrons. The Kier molecular flexibility index (Phi) is 7.67. The number of carbonyl (C=O) groups is 1. The molecule has 0 aromatic carbocycles. The van der Waals surface area contributed by atoms with Crippen LogP contribution in [0.1, 0.15) is 65.7 Å². The minimum atomic E-state index is -0.490. The second-order valence-corrected chi connectivity index (χ2v) is 6.42. The van der Waals surface area contributed by atoms with Crippen LogP contribution in [0.25, 0.3) is 0 Å². The Hall–Kier alpha value is -0.610. The lowest BCUT2D eigenvalue weighted by molar-refractivity contribution is -0.151. The van der Waals surface area contributed by atoms with Crippen LogP contribution in [0.3, 0.4) is 0 Å². The summed E-state index contributed by atoms with van der Waals surface area (Å²) in [5.74, 6) is -0.103. The van der Waals surface area contributed by atoms with Crippen molar-refractivity contribution in [2.24, 2.45) is 0 Å². The molecule has 3 unspecified atom stereocenters. The fourth-order valence-electron chi connectivity index (χ4n) is 3.58. The quantitative estimate of drug-likeness (QED) is 0.700. The molecule has 0 saturated heterocycles. The van der Waals surface area contributed by atoms with E-state index in [4.69, 9.17) is 4.74 Å². The number of carbonyl (C=O) groups excluding carboxylic acids is 1. The predicted molar refractivity (Wildman–Crippen MR) is 87.4 cm³/mol. The summed E-state index contributed by atoms with van der Waals surface area (Å²) in [7, 11) is 3.38. The molecule has 124 valence electrons. The fraction of sp³-hybridized carbons (Fsp3) is 0.941. The normalized spacial score (nSPS) is 27.6. The minimum Gasteiger partial charge on any atom is -0.468 e. The Bertz CT molecular complexity index is 322. The zero-order chi connectivity index (χ0) is 15.9. The van der Waals surface area contributed by atoms with Crippen LogP contribution in [0.2, 0.25) is 0 Å². The Balaban J connectivity index is 2.85.